The third-order valence-corrected chi connectivity index (χ3v) is 19.6. The fraction of sp³-hybridized carbons (Fsp3) is 0.435. The summed E-state index contributed by atoms with van der Waals surface area (Å²) in [6.07, 6.45) is -13.1. The molecule has 4 fully saturated rings. The Morgan fingerprint density at radius 2 is 0.531 bits per heavy atom. The summed E-state index contributed by atoms with van der Waals surface area (Å²) in [5, 5.41) is 0. The van der Waals surface area contributed by atoms with Crippen molar-refractivity contribution in [3.63, 3.8) is 0 Å². The maximum absolute atomic E-state index is 13.9. The Morgan fingerprint density at radius 3 is 0.726 bits per heavy atom. The second-order valence-electron chi connectivity index (χ2n) is 27.7. The summed E-state index contributed by atoms with van der Waals surface area (Å²) in [5.41, 5.74) is -2.80. The Labute approximate surface area is 676 Å². The van der Waals surface area contributed by atoms with Crippen molar-refractivity contribution in [3.8, 4) is 44.5 Å². The van der Waals surface area contributed by atoms with Crippen LogP contribution in [0.25, 0.3) is 44.5 Å². The van der Waals surface area contributed by atoms with Crippen LogP contribution in [0.15, 0.2) is 134 Å². The van der Waals surface area contributed by atoms with Gasteiger partial charge in [0.1, 0.15) is 0 Å². The van der Waals surface area contributed by atoms with Gasteiger partial charge in [-0.15, -0.1) is 0 Å². The van der Waals surface area contributed by atoms with E-state index >= 15 is 0 Å². The van der Waals surface area contributed by atoms with Gasteiger partial charge in [0.05, 0.1) is 56.2 Å². The molecule has 28 heteroatoms. The molecule has 12 rings (SSSR count). The SMILES string of the molecule is C.CCC.CCC.Cc1cc(C(F)(F)F)cc(C(F)(F)F)c1-c1ccc(CN2CCCC2C2CCCN2Cc2ccc(-c3c(C)cc(C(F)(F)F)cc3C(F)(F)F)cn2)nc1.Cc1cccc(C(F)(F)F)c1-c1ccc(CN2CCCC2C2CCCN2Cc2ccc(-c3c(C)cccc3C(F)(F)F)cn2)nc1.[CH3-].[CH3-].[CH3-].[CH3-].[Fe+4].[Fe+4]. The predicted molar refractivity (Wildman–Crippen MR) is 406 cm³/mol. The van der Waals surface area contributed by atoms with Crippen LogP contribution in [0.3, 0.4) is 0 Å². The normalized spacial score (nSPS) is 17.5. The van der Waals surface area contributed by atoms with E-state index in [9.17, 15) is 79.0 Å². The molecule has 4 aromatic carbocycles. The third-order valence-electron chi connectivity index (χ3n) is 19.6. The van der Waals surface area contributed by atoms with Crippen LogP contribution in [0.1, 0.15) is 178 Å². The van der Waals surface area contributed by atoms with Crippen LogP contribution in [0.2, 0.25) is 0 Å². The Hall–Kier alpha value is -6.90. The Bertz CT molecular complexity index is 3950. The van der Waals surface area contributed by atoms with Gasteiger partial charge >= 0.3 is 71.2 Å². The molecule has 4 aliphatic rings. The van der Waals surface area contributed by atoms with Crippen molar-refractivity contribution in [3.05, 3.63) is 242 Å². The van der Waals surface area contributed by atoms with Gasteiger partial charge in [-0.05, 0) is 210 Å². The number of hydrogen-bond acceptors (Lipinski definition) is 8. The Balaban J connectivity index is 0.000000683. The van der Waals surface area contributed by atoms with Crippen molar-refractivity contribution in [2.75, 3.05) is 26.2 Å². The molecule has 113 heavy (non-hydrogen) atoms. The maximum atomic E-state index is 13.9. The molecule has 0 spiro atoms. The van der Waals surface area contributed by atoms with Gasteiger partial charge in [-0.1, -0.05) is 96.5 Å². The van der Waals surface area contributed by atoms with Crippen LogP contribution in [0.5, 0.6) is 0 Å². The Kier molecular flexibility index (Phi) is 38.7. The molecular formula is C85H102F18Fe2N8+4. The molecule has 4 saturated heterocycles. The van der Waals surface area contributed by atoms with Crippen LogP contribution >= 0.6 is 0 Å². The van der Waals surface area contributed by atoms with Gasteiger partial charge in [0.15, 0.2) is 0 Å². The number of hydrogen-bond donors (Lipinski definition) is 0. The van der Waals surface area contributed by atoms with Crippen molar-refractivity contribution >= 4 is 0 Å². The summed E-state index contributed by atoms with van der Waals surface area (Å²) in [5.74, 6) is 0. The molecule has 4 unspecified atom stereocenters. The van der Waals surface area contributed by atoms with E-state index in [1.165, 1.54) is 63.3 Å². The van der Waals surface area contributed by atoms with E-state index in [-0.39, 0.29) is 140 Å². The largest absolute Gasteiger partial charge is 4.00 e. The minimum Gasteiger partial charge on any atom is -0.358 e. The van der Waals surface area contributed by atoms with E-state index < -0.39 is 70.4 Å². The molecule has 0 N–H and O–H groups in total. The van der Waals surface area contributed by atoms with Crippen LogP contribution in [0.4, 0.5) is 79.0 Å². The van der Waals surface area contributed by atoms with Crippen molar-refractivity contribution in [2.45, 2.75) is 214 Å². The number of rotatable bonds is 14. The molecule has 0 amide bonds. The second-order valence-corrected chi connectivity index (χ2v) is 27.7. The van der Waals surface area contributed by atoms with Gasteiger partial charge in [-0.3, -0.25) is 39.5 Å². The van der Waals surface area contributed by atoms with Gasteiger partial charge in [0, 0.05) is 97.4 Å². The third kappa shape index (κ3) is 25.6. The molecule has 0 radical (unpaired) electrons. The van der Waals surface area contributed by atoms with Crippen molar-refractivity contribution < 1.29 is 113 Å². The summed E-state index contributed by atoms with van der Waals surface area (Å²) in [6, 6.07) is 23.9. The summed E-state index contributed by atoms with van der Waals surface area (Å²) in [4.78, 5) is 27.3. The number of aromatic nitrogens is 4. The first kappa shape index (κ1) is 102. The maximum Gasteiger partial charge on any atom is 4.00 e. The number of likely N-dealkylation sites (tertiary alicyclic amines) is 4. The minimum absolute atomic E-state index is 0. The van der Waals surface area contributed by atoms with E-state index in [0.29, 0.717) is 84.0 Å². The number of benzene rings is 4. The standard InChI is InChI=1S/C38H34F12N4.C36H36F6N4.2C3H8.CH4.4CH3.2Fe/c1-21-13-25(35(39,40)41)15-29(37(45,46)47)33(21)23-7-9-27(51-17-23)19-53-11-3-5-31(53)32-6-4-12-54(32)20-28-10-8-24(18-52-28)34-22(2)14-26(36(42,43)44)16-30(34)38(48,49)50;1-23-7-3-9-29(35(37,38)39)33(23)25-13-15-27(43-19-25)21-45-17-5-11-31(45)32-12-6-18-46(32)22-28-16-14-26(20-44-28)34-24(2)8-4-10-30(34)36(40,41)42;2*1-3-2;;;;;;;/h7-10,13-18,31-32H,3-6,11-12,19-20H2,1-2H3;3-4,7-10,13-16,19-20,31-32H,5-6,11-12,17-18,21-22H2,1-2H3;2*3H2,1-2H3;1H4;4*1H3;;/q;;;;;4*-1;2*+4. The number of pyridine rings is 4. The fourth-order valence-electron chi connectivity index (χ4n) is 15.1. The molecule has 4 atom stereocenters. The van der Waals surface area contributed by atoms with Crippen molar-refractivity contribution in [1.29, 1.82) is 0 Å². The smallest absolute Gasteiger partial charge is 0.358 e. The molecule has 620 valence electrons. The van der Waals surface area contributed by atoms with Gasteiger partial charge < -0.3 is 29.7 Å². The molecule has 0 aliphatic carbocycles. The average molecular weight is 1690 g/mol. The van der Waals surface area contributed by atoms with Gasteiger partial charge in [-0.2, -0.15) is 79.0 Å². The minimum atomic E-state index is -5.03. The predicted octanol–water partition coefficient (Wildman–Crippen LogP) is 25.5. The summed E-state index contributed by atoms with van der Waals surface area (Å²) in [6.45, 7) is 19.5. The fourth-order valence-corrected chi connectivity index (χ4v) is 15.1. The molecule has 8 aromatic rings. The average Bonchev–Trinajstić information content (AvgIpc) is 1.54. The summed E-state index contributed by atoms with van der Waals surface area (Å²) in [7, 11) is 0. The van der Waals surface area contributed by atoms with Crippen molar-refractivity contribution in [1.82, 2.24) is 39.5 Å². The van der Waals surface area contributed by atoms with Gasteiger partial charge in [-0.25, -0.2) is 0 Å². The number of nitrogens with zero attached hydrogens (tertiary/aromatic N) is 8. The first-order valence-corrected chi connectivity index (χ1v) is 35.5. The second kappa shape index (κ2) is 42.8. The van der Waals surface area contributed by atoms with E-state index in [4.69, 9.17) is 0 Å². The quantitative estimate of drug-likeness (QED) is 0.0606. The number of alkyl halides is 18. The summed E-state index contributed by atoms with van der Waals surface area (Å²) >= 11 is 0. The molecule has 4 aliphatic heterocycles. The van der Waals surface area contributed by atoms with E-state index in [0.717, 1.165) is 101 Å². The molecule has 8 nitrogen and oxygen atoms in total. The van der Waals surface area contributed by atoms with Crippen LogP contribution in [-0.2, 0) is 97.4 Å². The molecule has 0 bridgehead atoms. The summed E-state index contributed by atoms with van der Waals surface area (Å²) < 4.78 is 246. The number of aryl methyl sites for hydroxylation is 4. The van der Waals surface area contributed by atoms with Crippen LogP contribution in [0, 0.1) is 57.4 Å². The zero-order valence-electron chi connectivity index (χ0n) is 64.8. The topological polar surface area (TPSA) is 64.5 Å². The van der Waals surface area contributed by atoms with E-state index in [1.54, 1.807) is 62.6 Å². The Morgan fingerprint density at radius 1 is 0.310 bits per heavy atom. The molecule has 0 saturated carbocycles. The van der Waals surface area contributed by atoms with Gasteiger partial charge in [0.25, 0.3) is 0 Å². The van der Waals surface area contributed by atoms with Gasteiger partial charge in [0.2, 0.25) is 0 Å². The zero-order chi connectivity index (χ0) is 77.4. The van der Waals surface area contributed by atoms with E-state index in [1.807, 2.05) is 12.1 Å². The first-order valence-electron chi connectivity index (χ1n) is 35.5. The number of halogens is 18. The first-order chi connectivity index (χ1) is 49.8. The molecule has 4 aromatic heterocycles. The van der Waals surface area contributed by atoms with E-state index in [2.05, 4.69) is 67.2 Å². The zero-order valence-corrected chi connectivity index (χ0v) is 67.0. The monoisotopic (exact) mass is 1690 g/mol. The van der Waals surface area contributed by atoms with Crippen LogP contribution < -0.4 is 0 Å². The van der Waals surface area contributed by atoms with Crippen molar-refractivity contribution in [2.24, 2.45) is 0 Å². The molecule has 8 heterocycles. The van der Waals surface area contributed by atoms with Crippen LogP contribution in [-0.4, -0.2) is 89.9 Å². The molecular weight excluding hydrogens is 1590 g/mol.